The maximum atomic E-state index is 13.1. The van der Waals surface area contributed by atoms with Crippen LogP contribution in [0.15, 0.2) is 48.9 Å². The largest absolute Gasteiger partial charge is 0.351 e. The zero-order chi connectivity index (χ0) is 25.1. The Morgan fingerprint density at radius 3 is 2.64 bits per heavy atom. The highest BCUT2D eigenvalue weighted by Crippen LogP contribution is 2.32. The molecule has 0 bridgehead atoms. The highest BCUT2D eigenvalue weighted by Gasteiger charge is 2.37. The predicted octanol–water partition coefficient (Wildman–Crippen LogP) is 2.91. The van der Waals surface area contributed by atoms with Crippen molar-refractivity contribution in [2.45, 2.75) is 46.6 Å². The predicted molar refractivity (Wildman–Crippen MR) is 136 cm³/mol. The van der Waals surface area contributed by atoms with Crippen LogP contribution in [0, 0.1) is 19.3 Å². The number of piperidine rings is 1. The van der Waals surface area contributed by atoms with Crippen LogP contribution in [0.2, 0.25) is 0 Å². The van der Waals surface area contributed by atoms with Gasteiger partial charge in [-0.05, 0) is 56.5 Å². The highest BCUT2D eigenvalue weighted by molar-refractivity contribution is 5.82. The number of rotatable bonds is 7. The van der Waals surface area contributed by atoms with Crippen molar-refractivity contribution in [2.75, 3.05) is 18.0 Å². The summed E-state index contributed by atoms with van der Waals surface area (Å²) in [5.41, 5.74) is 4.40. The van der Waals surface area contributed by atoms with Gasteiger partial charge in [0, 0.05) is 61.4 Å². The maximum absolute atomic E-state index is 13.1. The quantitative estimate of drug-likeness (QED) is 0.413. The Morgan fingerprint density at radius 2 is 1.97 bits per heavy atom. The monoisotopic (exact) mass is 485 g/mol. The van der Waals surface area contributed by atoms with Crippen LogP contribution in [0.5, 0.6) is 0 Å². The van der Waals surface area contributed by atoms with E-state index in [4.69, 9.17) is 4.98 Å². The van der Waals surface area contributed by atoms with Crippen LogP contribution >= 0.6 is 0 Å². The van der Waals surface area contributed by atoms with E-state index in [1.807, 2.05) is 57.3 Å². The summed E-state index contributed by atoms with van der Waals surface area (Å²) in [6.45, 7) is 7.93. The van der Waals surface area contributed by atoms with Gasteiger partial charge in [0.1, 0.15) is 0 Å². The van der Waals surface area contributed by atoms with Crippen molar-refractivity contribution in [1.82, 2.24) is 40.2 Å². The zero-order valence-corrected chi connectivity index (χ0v) is 20.9. The summed E-state index contributed by atoms with van der Waals surface area (Å²) in [7, 11) is 0. The van der Waals surface area contributed by atoms with Crippen molar-refractivity contribution in [3.8, 4) is 5.82 Å². The van der Waals surface area contributed by atoms with Gasteiger partial charge in [0.2, 0.25) is 11.9 Å². The molecule has 1 aliphatic rings. The maximum Gasteiger partial charge on any atom is 0.226 e. The Morgan fingerprint density at radius 1 is 1.14 bits per heavy atom. The van der Waals surface area contributed by atoms with Gasteiger partial charge in [0.25, 0.3) is 0 Å². The molecule has 1 aliphatic heterocycles. The van der Waals surface area contributed by atoms with E-state index in [2.05, 4.69) is 35.5 Å². The first kappa shape index (κ1) is 23.7. The molecule has 10 nitrogen and oxygen atoms in total. The van der Waals surface area contributed by atoms with E-state index in [1.54, 1.807) is 17.1 Å². The number of aromatic amines is 1. The molecule has 4 aromatic heterocycles. The Labute approximate surface area is 210 Å². The third-order valence-corrected chi connectivity index (χ3v) is 6.72. The molecule has 0 unspecified atom stereocenters. The minimum atomic E-state index is -0.432. The van der Waals surface area contributed by atoms with Gasteiger partial charge >= 0.3 is 0 Å². The average molecular weight is 486 g/mol. The molecule has 0 aromatic carbocycles. The first-order valence-corrected chi connectivity index (χ1v) is 12.2. The smallest absolute Gasteiger partial charge is 0.226 e. The molecular weight excluding hydrogens is 454 g/mol. The summed E-state index contributed by atoms with van der Waals surface area (Å²) in [5, 5.41) is 14.6. The molecule has 0 aliphatic carbocycles. The van der Waals surface area contributed by atoms with Crippen LogP contribution in [0.3, 0.4) is 0 Å². The number of H-pyrrole nitrogens is 1. The summed E-state index contributed by atoms with van der Waals surface area (Å²) in [6, 6.07) is 9.76. The fourth-order valence-electron chi connectivity index (χ4n) is 4.48. The van der Waals surface area contributed by atoms with Crippen LogP contribution < -0.4 is 10.2 Å². The topological polar surface area (TPSA) is 118 Å². The van der Waals surface area contributed by atoms with Crippen LogP contribution in [0.4, 0.5) is 5.95 Å². The van der Waals surface area contributed by atoms with E-state index in [0.717, 1.165) is 66.0 Å². The van der Waals surface area contributed by atoms with Crippen LogP contribution in [-0.2, 0) is 17.8 Å². The third-order valence-electron chi connectivity index (χ3n) is 6.72. The van der Waals surface area contributed by atoms with E-state index < -0.39 is 5.41 Å². The van der Waals surface area contributed by atoms with Crippen LogP contribution in [-0.4, -0.2) is 53.9 Å². The number of nitrogens with one attached hydrogen (secondary N) is 2. The van der Waals surface area contributed by atoms with Gasteiger partial charge in [-0.3, -0.25) is 9.89 Å². The number of carbonyl (C=O) groups is 1. The van der Waals surface area contributed by atoms with Crippen molar-refractivity contribution in [3.05, 3.63) is 77.3 Å². The number of aryl methyl sites for hydroxylation is 2. The molecule has 36 heavy (non-hydrogen) atoms. The molecule has 2 N–H and O–H groups in total. The van der Waals surface area contributed by atoms with Gasteiger partial charge in [0.05, 0.1) is 11.4 Å². The number of hydrogen-bond acceptors (Lipinski definition) is 7. The minimum Gasteiger partial charge on any atom is -0.351 e. The average Bonchev–Trinajstić information content (AvgIpc) is 3.55. The molecule has 5 heterocycles. The van der Waals surface area contributed by atoms with E-state index in [-0.39, 0.29) is 5.91 Å². The number of anilines is 1. The molecule has 0 atom stereocenters. The SMILES string of the molecule is Cc1cc(Cc2cc(C)[nH]n2)nc(N2CCC(C)(C(=O)NCc3ccc(-n4cccn4)nc3)CC2)n1. The standard InChI is InChI=1S/C26H31N9O/c1-18-13-21(15-22-14-19(2)32-33-22)31-25(30-18)34-11-7-26(3,8-12-34)24(36)28-17-20-5-6-23(27-16-20)35-10-4-9-29-35/h4-6,9-10,13-14,16H,7-8,11-12,15,17H2,1-3H3,(H,28,36)(H,32,33). The van der Waals surface area contributed by atoms with Crippen LogP contribution in [0.25, 0.3) is 5.82 Å². The van der Waals surface area contributed by atoms with Crippen molar-refractivity contribution < 1.29 is 4.79 Å². The van der Waals surface area contributed by atoms with Crippen molar-refractivity contribution in [1.29, 1.82) is 0 Å². The summed E-state index contributed by atoms with van der Waals surface area (Å²) in [6.07, 6.45) is 7.47. The Balaban J connectivity index is 1.17. The lowest BCUT2D eigenvalue weighted by Crippen LogP contribution is -2.47. The second kappa shape index (κ2) is 9.88. The Bertz CT molecular complexity index is 1320. The fraction of sp³-hybridized carbons (Fsp3) is 0.385. The van der Waals surface area contributed by atoms with Gasteiger partial charge < -0.3 is 10.2 Å². The minimum absolute atomic E-state index is 0.0676. The van der Waals surface area contributed by atoms with Crippen molar-refractivity contribution in [2.24, 2.45) is 5.41 Å². The molecule has 186 valence electrons. The van der Waals surface area contributed by atoms with Gasteiger partial charge in [-0.1, -0.05) is 13.0 Å². The summed E-state index contributed by atoms with van der Waals surface area (Å²) < 4.78 is 1.70. The molecule has 0 radical (unpaired) electrons. The zero-order valence-electron chi connectivity index (χ0n) is 20.9. The number of amides is 1. The van der Waals surface area contributed by atoms with E-state index in [9.17, 15) is 4.79 Å². The third kappa shape index (κ3) is 5.27. The molecule has 1 amide bonds. The van der Waals surface area contributed by atoms with Gasteiger partial charge in [-0.2, -0.15) is 10.2 Å². The lowest BCUT2D eigenvalue weighted by Gasteiger charge is -2.38. The molecule has 10 heteroatoms. The lowest BCUT2D eigenvalue weighted by molar-refractivity contribution is -0.131. The first-order chi connectivity index (χ1) is 17.4. The fourth-order valence-corrected chi connectivity index (χ4v) is 4.48. The lowest BCUT2D eigenvalue weighted by atomic mass is 9.79. The number of nitrogens with zero attached hydrogens (tertiary/aromatic N) is 7. The Kier molecular flexibility index (Phi) is 6.49. The molecule has 1 saturated heterocycles. The molecule has 1 fully saturated rings. The van der Waals surface area contributed by atoms with Gasteiger partial charge in [0.15, 0.2) is 5.82 Å². The van der Waals surface area contributed by atoms with Gasteiger partial charge in [-0.15, -0.1) is 0 Å². The van der Waals surface area contributed by atoms with E-state index in [0.29, 0.717) is 13.0 Å². The number of carbonyl (C=O) groups excluding carboxylic acids is 1. The number of hydrogen-bond donors (Lipinski definition) is 2. The van der Waals surface area contributed by atoms with E-state index in [1.165, 1.54) is 0 Å². The summed E-state index contributed by atoms with van der Waals surface area (Å²) in [5.74, 6) is 1.54. The molecule has 4 aromatic rings. The molecule has 5 rings (SSSR count). The molecular formula is C26H31N9O. The molecule has 0 saturated carbocycles. The second-order valence-electron chi connectivity index (χ2n) is 9.73. The van der Waals surface area contributed by atoms with Crippen LogP contribution in [0.1, 0.15) is 48.1 Å². The van der Waals surface area contributed by atoms with Crippen molar-refractivity contribution in [3.63, 3.8) is 0 Å². The summed E-state index contributed by atoms with van der Waals surface area (Å²) >= 11 is 0. The molecule has 0 spiro atoms. The number of aromatic nitrogens is 7. The Hall–Kier alpha value is -4.08. The first-order valence-electron chi connectivity index (χ1n) is 12.2. The number of pyridine rings is 1. The normalized spacial score (nSPS) is 15.1. The van der Waals surface area contributed by atoms with E-state index >= 15 is 0 Å². The second-order valence-corrected chi connectivity index (χ2v) is 9.73. The van der Waals surface area contributed by atoms with Crippen molar-refractivity contribution >= 4 is 11.9 Å². The van der Waals surface area contributed by atoms with Gasteiger partial charge in [-0.25, -0.2) is 19.6 Å². The highest BCUT2D eigenvalue weighted by atomic mass is 16.2. The summed E-state index contributed by atoms with van der Waals surface area (Å²) in [4.78, 5) is 29.2.